The summed E-state index contributed by atoms with van der Waals surface area (Å²) in [6, 6.07) is 44.3. The molecule has 3 heteroatoms. The Hall–Kier alpha value is -3.61. The minimum absolute atomic E-state index is 0.711. The van der Waals surface area contributed by atoms with Gasteiger partial charge in [0.15, 0.2) is 0 Å². The molecule has 0 bridgehead atoms. The normalized spacial score (nSPS) is 11.1. The van der Waals surface area contributed by atoms with Crippen molar-refractivity contribution in [3.05, 3.63) is 149 Å². The van der Waals surface area contributed by atoms with Crippen LogP contribution in [0, 0.1) is 6.92 Å². The second-order valence-corrected chi connectivity index (χ2v) is 11.6. The monoisotopic (exact) mass is 488 g/mol. The van der Waals surface area contributed by atoms with Gasteiger partial charge in [0, 0.05) is 37.9 Å². The zero-order valence-electron chi connectivity index (χ0n) is 21.3. The highest BCUT2D eigenvalue weighted by Gasteiger charge is 2.26. The third-order valence-corrected chi connectivity index (χ3v) is 9.01. The summed E-state index contributed by atoms with van der Waals surface area (Å²) < 4.78 is 2.45. The predicted octanol–water partition coefficient (Wildman–Crippen LogP) is 5.93. The van der Waals surface area contributed by atoms with E-state index in [0.717, 1.165) is 12.8 Å². The lowest BCUT2D eigenvalue weighted by Crippen LogP contribution is -2.31. The van der Waals surface area contributed by atoms with E-state index in [-0.39, 0.29) is 0 Å². The minimum Gasteiger partial charge on any atom is -0.319 e. The fourth-order valence-electron chi connectivity index (χ4n) is 4.85. The number of aromatic nitrogens is 1. The summed E-state index contributed by atoms with van der Waals surface area (Å²) in [5.41, 5.74) is 6.65. The first-order chi connectivity index (χ1) is 17.6. The Morgan fingerprint density at radius 2 is 1.11 bits per heavy atom. The molecule has 0 atom stereocenters. The van der Waals surface area contributed by atoms with Crippen LogP contribution in [0.2, 0.25) is 0 Å². The molecule has 0 saturated heterocycles. The maximum absolute atomic E-state index is 2.47. The van der Waals surface area contributed by atoms with Gasteiger partial charge in [0.05, 0.1) is 5.69 Å². The molecule has 5 rings (SSSR count). The second kappa shape index (κ2) is 11.0. The van der Waals surface area contributed by atoms with E-state index in [9.17, 15) is 0 Å². The number of rotatable bonds is 8. The number of aryl methyl sites for hydroxylation is 1. The zero-order chi connectivity index (χ0) is 24.9. The van der Waals surface area contributed by atoms with Crippen LogP contribution in [0.3, 0.4) is 0 Å². The van der Waals surface area contributed by atoms with Crippen LogP contribution < -0.4 is 20.9 Å². The standard InChI is InChI=1S/C33H33N2P/c1-26-19-21-28(22-20-26)24-32-33(25-29(35(32)34(2)3)23-27-13-7-4-8-14-27)36(30-15-9-5-10-16-30)31-17-11-6-12-18-31/h4-22,25H,23-24H2,1-3H3. The Bertz CT molecular complexity index is 1350. The zero-order valence-corrected chi connectivity index (χ0v) is 22.2. The van der Waals surface area contributed by atoms with Crippen molar-refractivity contribution in [2.24, 2.45) is 0 Å². The van der Waals surface area contributed by atoms with Crippen molar-refractivity contribution < 1.29 is 0 Å². The average molecular weight is 489 g/mol. The number of nitrogens with zero attached hydrogens (tertiary/aromatic N) is 2. The first kappa shape index (κ1) is 24.1. The fourth-order valence-corrected chi connectivity index (χ4v) is 7.36. The molecular weight excluding hydrogens is 455 g/mol. The van der Waals surface area contributed by atoms with Gasteiger partial charge in [-0.2, -0.15) is 0 Å². The van der Waals surface area contributed by atoms with Gasteiger partial charge in [0.2, 0.25) is 0 Å². The Balaban J connectivity index is 1.72. The first-order valence-corrected chi connectivity index (χ1v) is 13.8. The van der Waals surface area contributed by atoms with E-state index >= 15 is 0 Å². The molecule has 1 aromatic heterocycles. The molecule has 180 valence electrons. The highest BCUT2D eigenvalue weighted by Crippen LogP contribution is 2.36. The Morgan fingerprint density at radius 1 is 0.611 bits per heavy atom. The number of hydrogen-bond donors (Lipinski definition) is 0. The second-order valence-electron chi connectivity index (χ2n) is 9.46. The smallest absolute Gasteiger partial charge is 0.0526 e. The van der Waals surface area contributed by atoms with Crippen LogP contribution in [0.1, 0.15) is 28.1 Å². The van der Waals surface area contributed by atoms with Crippen molar-refractivity contribution in [3.63, 3.8) is 0 Å². The van der Waals surface area contributed by atoms with E-state index in [4.69, 9.17) is 0 Å². The summed E-state index contributed by atoms with van der Waals surface area (Å²) >= 11 is 0. The summed E-state index contributed by atoms with van der Waals surface area (Å²) in [5, 5.41) is 6.44. The van der Waals surface area contributed by atoms with Gasteiger partial charge in [0.1, 0.15) is 0 Å². The molecule has 2 nitrogen and oxygen atoms in total. The Morgan fingerprint density at radius 3 is 1.64 bits per heavy atom. The van der Waals surface area contributed by atoms with Gasteiger partial charge in [-0.3, -0.25) is 4.68 Å². The van der Waals surface area contributed by atoms with E-state index in [1.807, 2.05) is 0 Å². The maximum atomic E-state index is 2.47. The molecule has 0 amide bonds. The highest BCUT2D eigenvalue weighted by molar-refractivity contribution is 7.79. The van der Waals surface area contributed by atoms with Crippen LogP contribution in [0.15, 0.2) is 121 Å². The van der Waals surface area contributed by atoms with Crippen molar-refractivity contribution in [3.8, 4) is 0 Å². The van der Waals surface area contributed by atoms with Crippen LogP contribution in [0.25, 0.3) is 0 Å². The molecule has 0 N–H and O–H groups in total. The van der Waals surface area contributed by atoms with E-state index in [1.54, 1.807) is 0 Å². The molecule has 36 heavy (non-hydrogen) atoms. The van der Waals surface area contributed by atoms with Gasteiger partial charge < -0.3 is 5.01 Å². The van der Waals surface area contributed by atoms with Crippen molar-refractivity contribution in [2.45, 2.75) is 19.8 Å². The van der Waals surface area contributed by atoms with Gasteiger partial charge in [-0.25, -0.2) is 0 Å². The molecule has 0 radical (unpaired) electrons. The van der Waals surface area contributed by atoms with Crippen LogP contribution in [0.4, 0.5) is 0 Å². The van der Waals surface area contributed by atoms with Gasteiger partial charge in [-0.05, 0) is 42.6 Å². The van der Waals surface area contributed by atoms with Crippen LogP contribution >= 0.6 is 7.92 Å². The topological polar surface area (TPSA) is 8.17 Å². The minimum atomic E-state index is -0.711. The van der Waals surface area contributed by atoms with Crippen molar-refractivity contribution >= 4 is 23.8 Å². The van der Waals surface area contributed by atoms with Crippen molar-refractivity contribution in [2.75, 3.05) is 19.1 Å². The molecule has 0 aliphatic heterocycles. The Kier molecular flexibility index (Phi) is 7.35. The molecular formula is C33H33N2P. The van der Waals surface area contributed by atoms with Gasteiger partial charge >= 0.3 is 0 Å². The molecule has 0 aliphatic rings. The quantitative estimate of drug-likeness (QED) is 0.246. The average Bonchev–Trinajstić information content (AvgIpc) is 3.24. The highest BCUT2D eigenvalue weighted by atomic mass is 31.1. The fraction of sp³-hybridized carbons (Fsp3) is 0.152. The van der Waals surface area contributed by atoms with Crippen LogP contribution in [-0.2, 0) is 12.8 Å². The SMILES string of the molecule is Cc1ccc(Cc2c(P(c3ccccc3)c3ccccc3)cc(Cc3ccccc3)n2N(C)C)cc1. The third-order valence-electron chi connectivity index (χ3n) is 6.52. The summed E-state index contributed by atoms with van der Waals surface area (Å²) in [6.07, 6.45) is 1.79. The molecule has 5 aromatic rings. The maximum Gasteiger partial charge on any atom is 0.0526 e. The summed E-state index contributed by atoms with van der Waals surface area (Å²) in [4.78, 5) is 0. The lowest BCUT2D eigenvalue weighted by molar-refractivity contribution is 0.672. The van der Waals surface area contributed by atoms with Crippen molar-refractivity contribution in [1.82, 2.24) is 4.68 Å². The number of benzene rings is 4. The van der Waals surface area contributed by atoms with Gasteiger partial charge in [-0.1, -0.05) is 121 Å². The molecule has 0 fully saturated rings. The van der Waals surface area contributed by atoms with Crippen LogP contribution in [0.5, 0.6) is 0 Å². The molecule has 0 spiro atoms. The van der Waals surface area contributed by atoms with Gasteiger partial charge in [0.25, 0.3) is 0 Å². The lowest BCUT2D eigenvalue weighted by atomic mass is 10.1. The summed E-state index contributed by atoms with van der Waals surface area (Å²) in [5.74, 6) is 0. The molecule has 0 saturated carbocycles. The molecule has 1 heterocycles. The molecule has 0 aliphatic carbocycles. The largest absolute Gasteiger partial charge is 0.319 e. The van der Waals surface area contributed by atoms with E-state index in [2.05, 4.69) is 152 Å². The first-order valence-electron chi connectivity index (χ1n) is 12.5. The lowest BCUT2D eigenvalue weighted by Gasteiger charge is -2.25. The van der Waals surface area contributed by atoms with E-state index < -0.39 is 7.92 Å². The van der Waals surface area contributed by atoms with Crippen LogP contribution in [-0.4, -0.2) is 18.8 Å². The summed E-state index contributed by atoms with van der Waals surface area (Å²) in [7, 11) is 3.60. The number of hydrogen-bond acceptors (Lipinski definition) is 1. The molecule has 0 unspecified atom stereocenters. The van der Waals surface area contributed by atoms with E-state index in [0.29, 0.717) is 0 Å². The third kappa shape index (κ3) is 5.30. The van der Waals surface area contributed by atoms with Crippen molar-refractivity contribution in [1.29, 1.82) is 0 Å². The predicted molar refractivity (Wildman–Crippen MR) is 156 cm³/mol. The summed E-state index contributed by atoms with van der Waals surface area (Å²) in [6.45, 7) is 2.15. The van der Waals surface area contributed by atoms with E-state index in [1.165, 1.54) is 44.0 Å². The molecule has 4 aromatic carbocycles. The Labute approximate surface area is 216 Å². The van der Waals surface area contributed by atoms with Gasteiger partial charge in [-0.15, -0.1) is 0 Å².